The van der Waals surface area contributed by atoms with Crippen molar-refractivity contribution < 1.29 is 14.3 Å². The molecule has 0 saturated carbocycles. The van der Waals surface area contributed by atoms with Gasteiger partial charge in [-0.2, -0.15) is 0 Å². The minimum atomic E-state index is -0.471. The molecule has 0 bridgehead atoms. The SMILES string of the molecule is COC(=O)c1c(Cl)cccc1CCC=O. The van der Waals surface area contributed by atoms with E-state index in [0.717, 1.165) is 11.8 Å². The van der Waals surface area contributed by atoms with Crippen LogP contribution in [0.2, 0.25) is 5.02 Å². The highest BCUT2D eigenvalue weighted by Crippen LogP contribution is 2.21. The zero-order valence-electron chi connectivity index (χ0n) is 8.33. The van der Waals surface area contributed by atoms with Gasteiger partial charge >= 0.3 is 5.97 Å². The number of hydrogen-bond acceptors (Lipinski definition) is 3. The Labute approximate surface area is 93.0 Å². The van der Waals surface area contributed by atoms with Crippen molar-refractivity contribution in [1.29, 1.82) is 0 Å². The highest BCUT2D eigenvalue weighted by molar-refractivity contribution is 6.33. The van der Waals surface area contributed by atoms with Gasteiger partial charge in [0.2, 0.25) is 0 Å². The Morgan fingerprint density at radius 3 is 2.87 bits per heavy atom. The summed E-state index contributed by atoms with van der Waals surface area (Å²) in [5, 5.41) is 0.352. The van der Waals surface area contributed by atoms with Crippen molar-refractivity contribution in [2.45, 2.75) is 12.8 Å². The lowest BCUT2D eigenvalue weighted by molar-refractivity contribution is -0.107. The first-order valence-corrected chi connectivity index (χ1v) is 4.87. The fraction of sp³-hybridized carbons (Fsp3) is 0.273. The molecule has 80 valence electrons. The van der Waals surface area contributed by atoms with Gasteiger partial charge in [0.15, 0.2) is 0 Å². The van der Waals surface area contributed by atoms with Crippen LogP contribution in [0.1, 0.15) is 22.3 Å². The Bertz CT molecular complexity index is 374. The molecule has 0 aromatic heterocycles. The molecule has 0 amide bonds. The fourth-order valence-electron chi connectivity index (χ4n) is 1.32. The van der Waals surface area contributed by atoms with Gasteiger partial charge < -0.3 is 9.53 Å². The van der Waals surface area contributed by atoms with E-state index < -0.39 is 5.97 Å². The van der Waals surface area contributed by atoms with E-state index in [9.17, 15) is 9.59 Å². The summed E-state index contributed by atoms with van der Waals surface area (Å²) in [7, 11) is 1.30. The summed E-state index contributed by atoms with van der Waals surface area (Å²) in [6, 6.07) is 5.13. The molecular formula is C11H11ClO3. The van der Waals surface area contributed by atoms with Crippen molar-refractivity contribution >= 4 is 23.9 Å². The van der Waals surface area contributed by atoms with Gasteiger partial charge in [-0.3, -0.25) is 0 Å². The maximum atomic E-state index is 11.4. The molecule has 0 aliphatic rings. The summed E-state index contributed by atoms with van der Waals surface area (Å²) in [5.41, 5.74) is 1.09. The zero-order valence-corrected chi connectivity index (χ0v) is 9.08. The first kappa shape index (κ1) is 11.7. The smallest absolute Gasteiger partial charge is 0.339 e. The second kappa shape index (κ2) is 5.51. The fourth-order valence-corrected chi connectivity index (χ4v) is 1.59. The summed E-state index contributed by atoms with van der Waals surface area (Å²) in [4.78, 5) is 21.7. The van der Waals surface area contributed by atoms with Crippen LogP contribution < -0.4 is 0 Å². The number of esters is 1. The number of ether oxygens (including phenoxy) is 1. The number of aryl methyl sites for hydroxylation is 1. The molecule has 0 spiro atoms. The molecule has 0 N–H and O–H groups in total. The van der Waals surface area contributed by atoms with Crippen molar-refractivity contribution in [3.63, 3.8) is 0 Å². The number of benzene rings is 1. The minimum Gasteiger partial charge on any atom is -0.465 e. The van der Waals surface area contributed by atoms with Crippen LogP contribution in [0.3, 0.4) is 0 Å². The number of aldehydes is 1. The van der Waals surface area contributed by atoms with Crippen LogP contribution in [0.25, 0.3) is 0 Å². The van der Waals surface area contributed by atoms with Gasteiger partial charge in [-0.1, -0.05) is 23.7 Å². The Morgan fingerprint density at radius 2 is 2.27 bits per heavy atom. The molecule has 4 heteroatoms. The van der Waals surface area contributed by atoms with E-state index in [1.54, 1.807) is 18.2 Å². The summed E-state index contributed by atoms with van der Waals surface area (Å²) in [6.07, 6.45) is 1.67. The van der Waals surface area contributed by atoms with Crippen molar-refractivity contribution in [2.24, 2.45) is 0 Å². The molecule has 0 heterocycles. The number of rotatable bonds is 4. The molecule has 15 heavy (non-hydrogen) atoms. The molecule has 0 aliphatic heterocycles. The standard InChI is InChI=1S/C11H11ClO3/c1-15-11(14)10-8(5-3-7-13)4-2-6-9(10)12/h2,4,6-7H,3,5H2,1H3. The lowest BCUT2D eigenvalue weighted by Crippen LogP contribution is -2.06. The number of carbonyl (C=O) groups excluding carboxylic acids is 2. The lowest BCUT2D eigenvalue weighted by atomic mass is 10.0. The van der Waals surface area contributed by atoms with Gasteiger partial charge in [-0.25, -0.2) is 4.79 Å². The minimum absolute atomic E-state index is 0.350. The molecule has 0 atom stereocenters. The number of carbonyl (C=O) groups is 2. The van der Waals surface area contributed by atoms with E-state index in [1.165, 1.54) is 7.11 Å². The van der Waals surface area contributed by atoms with E-state index in [1.807, 2.05) is 0 Å². The molecule has 3 nitrogen and oxygen atoms in total. The molecular weight excluding hydrogens is 216 g/mol. The monoisotopic (exact) mass is 226 g/mol. The van der Waals surface area contributed by atoms with E-state index in [2.05, 4.69) is 4.74 Å². The number of methoxy groups -OCH3 is 1. The largest absolute Gasteiger partial charge is 0.465 e. The van der Waals surface area contributed by atoms with Crippen LogP contribution in [0.15, 0.2) is 18.2 Å². The van der Waals surface area contributed by atoms with Crippen molar-refractivity contribution in [3.8, 4) is 0 Å². The highest BCUT2D eigenvalue weighted by atomic mass is 35.5. The van der Waals surface area contributed by atoms with Crippen molar-refractivity contribution in [2.75, 3.05) is 7.11 Å². The molecule has 0 radical (unpaired) electrons. The van der Waals surface area contributed by atoms with Crippen LogP contribution >= 0.6 is 11.6 Å². The third kappa shape index (κ3) is 2.80. The van der Waals surface area contributed by atoms with Gasteiger partial charge in [0.05, 0.1) is 17.7 Å². The summed E-state index contributed by atoms with van der Waals surface area (Å²) < 4.78 is 4.63. The molecule has 0 fully saturated rings. The summed E-state index contributed by atoms with van der Waals surface area (Å²) in [5.74, 6) is -0.471. The van der Waals surface area contributed by atoms with Gasteiger partial charge in [0, 0.05) is 6.42 Å². The molecule has 0 saturated heterocycles. The van der Waals surface area contributed by atoms with Crippen LogP contribution in [0, 0.1) is 0 Å². The van der Waals surface area contributed by atoms with Gasteiger partial charge in [-0.15, -0.1) is 0 Å². The second-order valence-corrected chi connectivity index (χ2v) is 3.38. The molecule has 1 aromatic carbocycles. The van der Waals surface area contributed by atoms with Crippen LogP contribution in [-0.4, -0.2) is 19.4 Å². The maximum Gasteiger partial charge on any atom is 0.339 e. The van der Waals surface area contributed by atoms with Crippen LogP contribution in [-0.2, 0) is 16.0 Å². The van der Waals surface area contributed by atoms with Gasteiger partial charge in [0.25, 0.3) is 0 Å². The highest BCUT2D eigenvalue weighted by Gasteiger charge is 2.15. The third-order valence-corrected chi connectivity index (χ3v) is 2.34. The summed E-state index contributed by atoms with van der Waals surface area (Å²) in [6.45, 7) is 0. The predicted molar refractivity (Wildman–Crippen MR) is 57.2 cm³/mol. The zero-order chi connectivity index (χ0) is 11.3. The van der Waals surface area contributed by atoms with Gasteiger partial charge in [-0.05, 0) is 18.1 Å². The normalized spacial score (nSPS) is 9.73. The Balaban J connectivity index is 3.08. The van der Waals surface area contributed by atoms with E-state index in [-0.39, 0.29) is 0 Å². The second-order valence-electron chi connectivity index (χ2n) is 2.97. The van der Waals surface area contributed by atoms with Crippen LogP contribution in [0.4, 0.5) is 0 Å². The van der Waals surface area contributed by atoms with Gasteiger partial charge in [0.1, 0.15) is 6.29 Å². The average molecular weight is 227 g/mol. The van der Waals surface area contributed by atoms with E-state index >= 15 is 0 Å². The van der Waals surface area contributed by atoms with Crippen molar-refractivity contribution in [1.82, 2.24) is 0 Å². The topological polar surface area (TPSA) is 43.4 Å². The van der Waals surface area contributed by atoms with E-state index in [4.69, 9.17) is 11.6 Å². The first-order chi connectivity index (χ1) is 7.20. The Hall–Kier alpha value is -1.35. The quantitative estimate of drug-likeness (QED) is 0.584. The van der Waals surface area contributed by atoms with Crippen LogP contribution in [0.5, 0.6) is 0 Å². The first-order valence-electron chi connectivity index (χ1n) is 4.50. The Kier molecular flexibility index (Phi) is 4.31. The Morgan fingerprint density at radius 1 is 1.53 bits per heavy atom. The lowest BCUT2D eigenvalue weighted by Gasteiger charge is -2.07. The summed E-state index contributed by atoms with van der Waals surface area (Å²) >= 11 is 5.89. The molecule has 1 rings (SSSR count). The number of halogens is 1. The molecule has 1 aromatic rings. The molecule has 0 aliphatic carbocycles. The predicted octanol–water partition coefficient (Wildman–Crippen LogP) is 2.26. The third-order valence-electron chi connectivity index (χ3n) is 2.02. The van der Waals surface area contributed by atoms with Crippen molar-refractivity contribution in [3.05, 3.63) is 34.3 Å². The average Bonchev–Trinajstić information content (AvgIpc) is 2.25. The van der Waals surface area contributed by atoms with E-state index in [0.29, 0.717) is 23.4 Å². The number of hydrogen-bond donors (Lipinski definition) is 0. The maximum absolute atomic E-state index is 11.4. The molecule has 0 unspecified atom stereocenters.